The molecule has 3 heterocycles. The third-order valence-corrected chi connectivity index (χ3v) is 10.5. The molecule has 3 fully saturated rings. The molecule has 3 N–H and O–H groups in total. The van der Waals surface area contributed by atoms with Crippen molar-refractivity contribution in [2.24, 2.45) is 23.7 Å². The van der Waals surface area contributed by atoms with Crippen LogP contribution in [0.2, 0.25) is 0 Å². The monoisotopic (exact) mass is 537 g/mol. The number of nitrogens with zero attached hydrogens (tertiary/aromatic N) is 1. The van der Waals surface area contributed by atoms with Crippen LogP contribution in [-0.2, 0) is 14.4 Å². The van der Waals surface area contributed by atoms with Crippen molar-refractivity contribution in [3.05, 3.63) is 54.6 Å². The number of ether oxygens (including phenoxy) is 1. The second kappa shape index (κ2) is 10.3. The largest absolute Gasteiger partial charge is 0.497 e. The lowest BCUT2D eigenvalue weighted by atomic mass is 9.66. The van der Waals surface area contributed by atoms with E-state index < -0.39 is 28.7 Å². The van der Waals surface area contributed by atoms with E-state index in [0.717, 1.165) is 6.42 Å². The Balaban J connectivity index is 1.53. The number of likely N-dealkylation sites (tertiary alicyclic amines) is 1. The van der Waals surface area contributed by atoms with Crippen molar-refractivity contribution >= 4 is 40.9 Å². The predicted octanol–water partition coefficient (Wildman–Crippen LogP) is 3.63. The van der Waals surface area contributed by atoms with Crippen LogP contribution in [0.5, 0.6) is 5.75 Å². The molecule has 2 aromatic carbocycles. The smallest absolute Gasteiger partial charge is 0.248 e. The van der Waals surface area contributed by atoms with Gasteiger partial charge in [-0.2, -0.15) is 0 Å². The predicted molar refractivity (Wildman–Crippen MR) is 148 cm³/mol. The molecular weight excluding hydrogens is 502 g/mol. The van der Waals surface area contributed by atoms with Gasteiger partial charge in [0.15, 0.2) is 0 Å². The Kier molecular flexibility index (Phi) is 7.17. The van der Waals surface area contributed by atoms with Crippen molar-refractivity contribution in [1.82, 2.24) is 4.90 Å². The van der Waals surface area contributed by atoms with Crippen LogP contribution in [-0.4, -0.2) is 63.5 Å². The minimum Gasteiger partial charge on any atom is -0.497 e. The van der Waals surface area contributed by atoms with Crippen LogP contribution < -0.4 is 15.4 Å². The molecule has 5 rings (SSSR count). The van der Waals surface area contributed by atoms with Gasteiger partial charge in [0.05, 0.1) is 36.3 Å². The lowest BCUT2D eigenvalue weighted by Crippen LogP contribution is -2.57. The number of para-hydroxylation sites is 1. The summed E-state index contributed by atoms with van der Waals surface area (Å²) >= 11 is 1.62. The molecule has 38 heavy (non-hydrogen) atoms. The van der Waals surface area contributed by atoms with Crippen LogP contribution in [0.25, 0.3) is 0 Å². The molecule has 202 valence electrons. The summed E-state index contributed by atoms with van der Waals surface area (Å²) < 4.78 is 4.46. The van der Waals surface area contributed by atoms with Gasteiger partial charge in [0.1, 0.15) is 11.8 Å². The van der Waals surface area contributed by atoms with Gasteiger partial charge in [-0.3, -0.25) is 14.4 Å². The number of aliphatic hydroxyl groups is 1. The highest BCUT2D eigenvalue weighted by atomic mass is 32.2. The normalized spacial score (nSPS) is 30.3. The van der Waals surface area contributed by atoms with E-state index in [2.05, 4.69) is 17.6 Å². The minimum absolute atomic E-state index is 0.0374. The van der Waals surface area contributed by atoms with E-state index in [1.54, 1.807) is 48.0 Å². The third kappa shape index (κ3) is 4.16. The van der Waals surface area contributed by atoms with Gasteiger partial charge >= 0.3 is 0 Å². The van der Waals surface area contributed by atoms with Gasteiger partial charge in [0.2, 0.25) is 17.7 Å². The number of carbonyl (C=O) groups is 3. The summed E-state index contributed by atoms with van der Waals surface area (Å²) in [4.78, 5) is 43.6. The van der Waals surface area contributed by atoms with Crippen molar-refractivity contribution in [3.63, 3.8) is 0 Å². The highest BCUT2D eigenvalue weighted by molar-refractivity contribution is 8.02. The molecule has 3 amide bonds. The Labute approximate surface area is 227 Å². The molecular formula is C29H35N3O5S. The first-order valence-corrected chi connectivity index (χ1v) is 14.0. The molecule has 7 atom stereocenters. The molecule has 0 aromatic heterocycles. The van der Waals surface area contributed by atoms with E-state index in [4.69, 9.17) is 4.74 Å². The summed E-state index contributed by atoms with van der Waals surface area (Å²) in [6.45, 7) is 5.69. The quantitative estimate of drug-likeness (QED) is 0.475. The van der Waals surface area contributed by atoms with E-state index in [1.165, 1.54) is 0 Å². The molecule has 3 saturated heterocycles. The zero-order chi connectivity index (χ0) is 27.2. The summed E-state index contributed by atoms with van der Waals surface area (Å²) in [5.41, 5.74) is 1.27. The average molecular weight is 538 g/mol. The van der Waals surface area contributed by atoms with Crippen LogP contribution in [0.4, 0.5) is 11.4 Å². The number of hydrogen-bond acceptors (Lipinski definition) is 6. The lowest BCUT2D eigenvalue weighted by molar-refractivity contribution is -0.142. The summed E-state index contributed by atoms with van der Waals surface area (Å²) in [6.07, 6.45) is 0.743. The first-order valence-electron chi connectivity index (χ1n) is 13.1. The van der Waals surface area contributed by atoms with Crippen LogP contribution in [0, 0.1) is 23.7 Å². The number of aliphatic hydroxyl groups excluding tert-OH is 1. The average Bonchev–Trinajstić information content (AvgIpc) is 3.49. The maximum Gasteiger partial charge on any atom is 0.248 e. The highest BCUT2D eigenvalue weighted by Gasteiger charge is 2.76. The second-order valence-corrected chi connectivity index (χ2v) is 12.4. The third-order valence-electron chi connectivity index (χ3n) is 8.45. The number of fused-ring (bicyclic) bond motifs is 1. The van der Waals surface area contributed by atoms with Gasteiger partial charge in [-0.1, -0.05) is 39.0 Å². The molecule has 9 heteroatoms. The highest BCUT2D eigenvalue weighted by Crippen LogP contribution is 2.69. The minimum atomic E-state index is -0.818. The number of nitrogens with one attached hydrogen (secondary N) is 2. The van der Waals surface area contributed by atoms with E-state index >= 15 is 0 Å². The van der Waals surface area contributed by atoms with Crippen molar-refractivity contribution in [1.29, 1.82) is 0 Å². The molecule has 3 unspecified atom stereocenters. The summed E-state index contributed by atoms with van der Waals surface area (Å²) in [7, 11) is 1.58. The number of thioether (sulfide) groups is 1. The molecule has 0 saturated carbocycles. The topological polar surface area (TPSA) is 108 Å². The van der Waals surface area contributed by atoms with Gasteiger partial charge < -0.3 is 25.4 Å². The fraction of sp³-hybridized carbons (Fsp3) is 0.483. The molecule has 2 aromatic rings. The van der Waals surface area contributed by atoms with Crippen LogP contribution >= 0.6 is 11.8 Å². The number of amides is 3. The summed E-state index contributed by atoms with van der Waals surface area (Å²) in [5, 5.41) is 16.3. The number of hydrogen-bond donors (Lipinski definition) is 3. The molecule has 1 spiro atoms. The summed E-state index contributed by atoms with van der Waals surface area (Å²) in [6, 6.07) is 14.9. The SMILES string of the molecule is COc1ccc(NC(=O)C2N([C@@H](CO)C(C)C)C(=O)[C@@H]3[C@@H](C(=O)Nc4ccccc4)[C@H]4CC(C)C23S4)cc1. The van der Waals surface area contributed by atoms with E-state index in [0.29, 0.717) is 17.1 Å². The van der Waals surface area contributed by atoms with E-state index in [-0.39, 0.29) is 41.4 Å². The molecule has 0 radical (unpaired) electrons. The van der Waals surface area contributed by atoms with Gasteiger partial charge in [-0.25, -0.2) is 0 Å². The van der Waals surface area contributed by atoms with Gasteiger partial charge in [0.25, 0.3) is 0 Å². The van der Waals surface area contributed by atoms with Crippen LogP contribution in [0.1, 0.15) is 27.2 Å². The maximum absolute atomic E-state index is 14.3. The number of carbonyl (C=O) groups excluding carboxylic acids is 3. The second-order valence-electron chi connectivity index (χ2n) is 10.9. The first kappa shape index (κ1) is 26.6. The number of benzene rings is 2. The first-order chi connectivity index (χ1) is 18.2. The molecule has 8 nitrogen and oxygen atoms in total. The Bertz CT molecular complexity index is 1210. The Hall–Kier alpha value is -3.04. The van der Waals surface area contributed by atoms with Gasteiger partial charge in [-0.15, -0.1) is 11.8 Å². The molecule has 3 aliphatic rings. The lowest BCUT2D eigenvalue weighted by Gasteiger charge is -2.40. The van der Waals surface area contributed by atoms with Crippen LogP contribution in [0.15, 0.2) is 54.6 Å². The van der Waals surface area contributed by atoms with Gasteiger partial charge in [0, 0.05) is 16.6 Å². The number of rotatable bonds is 8. The molecule has 3 aliphatic heterocycles. The Morgan fingerprint density at radius 3 is 2.32 bits per heavy atom. The Morgan fingerprint density at radius 2 is 1.71 bits per heavy atom. The van der Waals surface area contributed by atoms with Crippen molar-refractivity contribution in [2.45, 2.75) is 49.3 Å². The van der Waals surface area contributed by atoms with E-state index in [9.17, 15) is 19.5 Å². The zero-order valence-electron chi connectivity index (χ0n) is 22.1. The number of methoxy groups -OCH3 is 1. The fourth-order valence-corrected chi connectivity index (χ4v) is 9.08. The fourth-order valence-electron chi connectivity index (χ4n) is 6.67. The van der Waals surface area contributed by atoms with Crippen molar-refractivity contribution in [2.75, 3.05) is 24.4 Å². The standard InChI is InChI=1S/C29H35N3O5S/c1-16(2)21(15-33)32-25(27(35)31-19-10-12-20(37-4)13-11-19)29-17(3)14-22(38-29)23(24(29)28(32)36)26(34)30-18-8-6-5-7-9-18/h5-13,16-17,21-25,33H,14-15H2,1-4H3,(H,30,34)(H,31,35)/t17?,21-,22+,23-,24-,25?,29?/m0/s1. The molecule has 0 aliphatic carbocycles. The zero-order valence-corrected chi connectivity index (χ0v) is 22.9. The maximum atomic E-state index is 14.3. The number of anilines is 2. The van der Waals surface area contributed by atoms with Gasteiger partial charge in [-0.05, 0) is 54.7 Å². The Morgan fingerprint density at radius 1 is 1.08 bits per heavy atom. The van der Waals surface area contributed by atoms with E-state index in [1.807, 2.05) is 44.2 Å². The van der Waals surface area contributed by atoms with Crippen molar-refractivity contribution in [3.8, 4) is 5.75 Å². The molecule has 2 bridgehead atoms. The van der Waals surface area contributed by atoms with Crippen LogP contribution in [0.3, 0.4) is 0 Å². The van der Waals surface area contributed by atoms with Crippen molar-refractivity contribution < 1.29 is 24.2 Å². The summed E-state index contributed by atoms with van der Waals surface area (Å²) in [5.74, 6) is -1.29.